The Bertz CT molecular complexity index is 1210. The molecule has 0 saturated heterocycles. The maximum Gasteiger partial charge on any atom is 0.382 e. The van der Waals surface area contributed by atoms with Gasteiger partial charge in [0.25, 0.3) is 0 Å². The first-order chi connectivity index (χ1) is 20.6. The van der Waals surface area contributed by atoms with Crippen molar-refractivity contribution in [1.29, 1.82) is 0 Å². The number of hydrogen-bond acceptors (Lipinski definition) is 9. The molecule has 11 heteroatoms. The van der Waals surface area contributed by atoms with Gasteiger partial charge in [-0.1, -0.05) is 56.9 Å². The van der Waals surface area contributed by atoms with E-state index < -0.39 is 22.4 Å². The molecule has 0 bridgehead atoms. The number of phenols is 1. The van der Waals surface area contributed by atoms with Crippen molar-refractivity contribution in [2.45, 2.75) is 96.7 Å². The number of carbonyl (C=O) groups is 1. The predicted molar refractivity (Wildman–Crippen MR) is 167 cm³/mol. The van der Waals surface area contributed by atoms with Crippen LogP contribution in [0.25, 0.3) is 0 Å². The Hall–Kier alpha value is -2.54. The van der Waals surface area contributed by atoms with Gasteiger partial charge in [-0.3, -0.25) is 4.79 Å². The van der Waals surface area contributed by atoms with E-state index >= 15 is 0 Å². The second-order valence-electron chi connectivity index (χ2n) is 11.0. The van der Waals surface area contributed by atoms with Gasteiger partial charge in [-0.15, -0.1) is 0 Å². The average molecular weight is 623 g/mol. The van der Waals surface area contributed by atoms with Gasteiger partial charge in [-0.05, 0) is 85.9 Å². The van der Waals surface area contributed by atoms with E-state index in [-0.39, 0.29) is 18.8 Å². The third-order valence-electron chi connectivity index (χ3n) is 7.13. The highest BCUT2D eigenvalue weighted by Gasteiger charge is 2.14. The van der Waals surface area contributed by atoms with Crippen LogP contribution in [0.1, 0.15) is 98.6 Å². The van der Waals surface area contributed by atoms with Gasteiger partial charge in [0, 0.05) is 25.3 Å². The number of aliphatic hydroxyl groups excluding tert-OH is 2. The highest BCUT2D eigenvalue weighted by atomic mass is 32.2. The van der Waals surface area contributed by atoms with Crippen LogP contribution >= 0.6 is 0 Å². The summed E-state index contributed by atoms with van der Waals surface area (Å²) in [6.45, 7) is 4.51. The fourth-order valence-corrected chi connectivity index (χ4v) is 5.19. The Labute approximate surface area is 256 Å². The van der Waals surface area contributed by atoms with Crippen molar-refractivity contribution in [3.63, 3.8) is 0 Å². The Balaban J connectivity index is 1.58. The fraction of sp³-hybridized carbons (Fsp3) is 0.594. The van der Waals surface area contributed by atoms with Crippen molar-refractivity contribution in [2.24, 2.45) is 5.14 Å². The molecule has 2 rings (SSSR count). The Morgan fingerprint density at radius 1 is 0.907 bits per heavy atom. The Kier molecular flexibility index (Phi) is 17.4. The molecule has 0 aliphatic rings. The molecule has 0 aliphatic heterocycles. The number of nitrogens with two attached hydrogens (primary N) is 1. The summed E-state index contributed by atoms with van der Waals surface area (Å²) in [6.07, 6.45) is 10.2. The molecule has 242 valence electrons. The van der Waals surface area contributed by atoms with Crippen LogP contribution in [0.4, 0.5) is 0 Å². The monoisotopic (exact) mass is 622 g/mol. The molecular weight excluding hydrogens is 572 g/mol. The number of aliphatic hydroxyl groups is 2. The van der Waals surface area contributed by atoms with Gasteiger partial charge in [0.05, 0.1) is 19.1 Å². The predicted octanol–water partition coefficient (Wildman–Crippen LogP) is 4.13. The summed E-state index contributed by atoms with van der Waals surface area (Å²) in [6, 6.07) is 10.8. The first kappa shape index (κ1) is 36.7. The van der Waals surface area contributed by atoms with Crippen LogP contribution in [-0.2, 0) is 49.9 Å². The number of benzene rings is 2. The molecule has 6 N–H and O–H groups in total. The maximum atomic E-state index is 12.0. The summed E-state index contributed by atoms with van der Waals surface area (Å²) in [5.41, 5.74) is 4.06. The molecule has 2 aromatic rings. The molecule has 0 saturated carbocycles. The molecule has 0 heterocycles. The summed E-state index contributed by atoms with van der Waals surface area (Å²) < 4.78 is 32.2. The molecule has 0 radical (unpaired) electrons. The zero-order valence-electron chi connectivity index (χ0n) is 25.4. The third-order valence-corrected chi connectivity index (χ3v) is 7.55. The van der Waals surface area contributed by atoms with Gasteiger partial charge in [0.15, 0.2) is 0 Å². The lowest BCUT2D eigenvalue weighted by molar-refractivity contribution is -0.133. The van der Waals surface area contributed by atoms with Crippen LogP contribution in [0.3, 0.4) is 0 Å². The van der Waals surface area contributed by atoms with E-state index in [1.54, 1.807) is 12.1 Å². The normalized spacial score (nSPS) is 12.4. The molecule has 2 aromatic carbocycles. The molecule has 10 nitrogen and oxygen atoms in total. The SMILES string of the molecule is CCCCCc1cc(CCCCOCCCCCCNC[C@H](O)c2ccc(O)c(CO)c2)cc(CC(=O)OS(N)(=O)=O)c1. The number of nitrogens with one attached hydrogen (secondary N) is 1. The molecule has 0 spiro atoms. The van der Waals surface area contributed by atoms with Crippen LogP contribution in [-0.4, -0.2) is 56.0 Å². The van der Waals surface area contributed by atoms with E-state index in [2.05, 4.69) is 22.5 Å². The zero-order chi connectivity index (χ0) is 31.5. The van der Waals surface area contributed by atoms with E-state index in [0.717, 1.165) is 100 Å². The van der Waals surface area contributed by atoms with Crippen molar-refractivity contribution in [3.8, 4) is 5.75 Å². The largest absolute Gasteiger partial charge is 0.508 e. The van der Waals surface area contributed by atoms with Gasteiger partial charge >= 0.3 is 16.3 Å². The number of aromatic hydroxyl groups is 1. The van der Waals surface area contributed by atoms with E-state index in [0.29, 0.717) is 24.3 Å². The Morgan fingerprint density at radius 3 is 2.19 bits per heavy atom. The molecule has 0 unspecified atom stereocenters. The fourth-order valence-electron chi connectivity index (χ4n) is 4.87. The molecule has 0 aliphatic carbocycles. The van der Waals surface area contributed by atoms with Gasteiger partial charge in [0.1, 0.15) is 5.75 Å². The first-order valence-electron chi connectivity index (χ1n) is 15.4. The summed E-state index contributed by atoms with van der Waals surface area (Å²) in [4.78, 5) is 12.0. The summed E-state index contributed by atoms with van der Waals surface area (Å²) in [5.74, 6) is -0.858. The molecule has 0 aromatic heterocycles. The number of rotatable bonds is 23. The molecule has 0 fully saturated rings. The lowest BCUT2D eigenvalue weighted by Crippen LogP contribution is -2.22. The van der Waals surface area contributed by atoms with Crippen molar-refractivity contribution in [1.82, 2.24) is 5.32 Å². The highest BCUT2D eigenvalue weighted by molar-refractivity contribution is 7.84. The van der Waals surface area contributed by atoms with Crippen molar-refractivity contribution in [2.75, 3.05) is 26.3 Å². The Morgan fingerprint density at radius 2 is 1.53 bits per heavy atom. The van der Waals surface area contributed by atoms with Crippen molar-refractivity contribution >= 4 is 16.3 Å². The zero-order valence-corrected chi connectivity index (χ0v) is 26.2. The smallest absolute Gasteiger partial charge is 0.382 e. The number of carbonyl (C=O) groups excluding carboxylic acids is 1. The minimum absolute atomic E-state index is 0.0254. The second-order valence-corrected chi connectivity index (χ2v) is 12.1. The number of hydrogen-bond donors (Lipinski definition) is 5. The second kappa shape index (κ2) is 20.4. The van der Waals surface area contributed by atoms with Gasteiger partial charge < -0.3 is 29.6 Å². The molecule has 0 amide bonds. The first-order valence-corrected chi connectivity index (χ1v) is 16.8. The van der Waals surface area contributed by atoms with Crippen molar-refractivity contribution in [3.05, 3.63) is 64.2 Å². The lowest BCUT2D eigenvalue weighted by Gasteiger charge is -2.14. The topological polar surface area (TPSA) is 168 Å². The van der Waals surface area contributed by atoms with E-state index in [1.165, 1.54) is 6.07 Å². The van der Waals surface area contributed by atoms with E-state index in [9.17, 15) is 28.5 Å². The maximum absolute atomic E-state index is 12.0. The molecule has 1 atom stereocenters. The van der Waals surface area contributed by atoms with Gasteiger partial charge in [-0.2, -0.15) is 13.6 Å². The summed E-state index contributed by atoms with van der Waals surface area (Å²) >= 11 is 0. The van der Waals surface area contributed by atoms with E-state index in [4.69, 9.17) is 9.88 Å². The van der Waals surface area contributed by atoms with Crippen molar-refractivity contribution < 1.29 is 37.5 Å². The minimum atomic E-state index is -4.32. The average Bonchev–Trinajstić information content (AvgIpc) is 2.94. The summed E-state index contributed by atoms with van der Waals surface area (Å²) in [5, 5.41) is 37.3. The molecular formula is C32H50N2O8S. The lowest BCUT2D eigenvalue weighted by atomic mass is 9.97. The van der Waals surface area contributed by atoms with Crippen LogP contribution in [0.2, 0.25) is 0 Å². The number of unbranched alkanes of at least 4 members (excludes halogenated alkanes) is 6. The highest BCUT2D eigenvalue weighted by Crippen LogP contribution is 2.22. The number of ether oxygens (including phenoxy) is 1. The van der Waals surface area contributed by atoms with Crippen LogP contribution in [0.5, 0.6) is 5.75 Å². The van der Waals surface area contributed by atoms with Gasteiger partial charge in [-0.25, -0.2) is 0 Å². The summed E-state index contributed by atoms with van der Waals surface area (Å²) in [7, 11) is -4.32. The van der Waals surface area contributed by atoms with Crippen LogP contribution in [0, 0.1) is 0 Å². The van der Waals surface area contributed by atoms with Gasteiger partial charge in [0.2, 0.25) is 0 Å². The van der Waals surface area contributed by atoms with Crippen LogP contribution < -0.4 is 10.5 Å². The standard InChI is InChI=1S/C32H50N2O8S/c1-2-3-6-11-25-18-26(20-27(19-25)21-32(38)42-43(33,39)40)12-7-10-17-41-16-9-5-4-8-15-34-23-31(37)28-13-14-30(36)29(22-28)24-35/h13-14,18-20,22,31,34-37H,2-12,15-17,21,23-24H2,1H3,(H2,33,39,40)/t31-/m0/s1. The minimum Gasteiger partial charge on any atom is -0.508 e. The third kappa shape index (κ3) is 16.2. The number of aryl methyl sites for hydroxylation is 2. The van der Waals surface area contributed by atoms with Crippen LogP contribution in [0.15, 0.2) is 36.4 Å². The van der Waals surface area contributed by atoms with E-state index in [1.807, 2.05) is 12.1 Å². The quantitative estimate of drug-likeness (QED) is 0.114. The molecule has 43 heavy (non-hydrogen) atoms.